The number of nitrogens with two attached hydrogens (primary N) is 1. The Kier molecular flexibility index (Phi) is 4.00. The molecule has 0 bridgehead atoms. The number of hydrogen-bond acceptors (Lipinski definition) is 3. The normalized spacial score (nSPS) is 35.2. The smallest absolute Gasteiger partial charge is 0.0988 e. The van der Waals surface area contributed by atoms with Gasteiger partial charge in [0, 0.05) is 19.3 Å². The first kappa shape index (κ1) is 11.4. The van der Waals surface area contributed by atoms with Crippen molar-refractivity contribution in [1.29, 1.82) is 0 Å². The van der Waals surface area contributed by atoms with Crippen molar-refractivity contribution in [3.8, 4) is 0 Å². The SMILES string of the molecule is CCCOC1C(N)CC1OCCC1CC1. The van der Waals surface area contributed by atoms with Crippen molar-refractivity contribution >= 4 is 0 Å². The molecule has 2 saturated carbocycles. The van der Waals surface area contributed by atoms with Crippen LogP contribution in [0.25, 0.3) is 0 Å². The summed E-state index contributed by atoms with van der Waals surface area (Å²) in [6.07, 6.45) is 6.49. The molecule has 15 heavy (non-hydrogen) atoms. The summed E-state index contributed by atoms with van der Waals surface area (Å²) in [6, 6.07) is 0.197. The molecule has 0 aliphatic heterocycles. The summed E-state index contributed by atoms with van der Waals surface area (Å²) in [5, 5.41) is 0. The van der Waals surface area contributed by atoms with Crippen LogP contribution in [0.1, 0.15) is 39.0 Å². The van der Waals surface area contributed by atoms with Gasteiger partial charge in [-0.15, -0.1) is 0 Å². The topological polar surface area (TPSA) is 44.5 Å². The molecule has 3 nitrogen and oxygen atoms in total. The summed E-state index contributed by atoms with van der Waals surface area (Å²) < 4.78 is 11.5. The summed E-state index contributed by atoms with van der Waals surface area (Å²) in [5.74, 6) is 0.953. The zero-order valence-corrected chi connectivity index (χ0v) is 9.65. The number of ether oxygens (including phenoxy) is 2. The molecule has 0 amide bonds. The number of hydrogen-bond donors (Lipinski definition) is 1. The van der Waals surface area contributed by atoms with E-state index >= 15 is 0 Å². The van der Waals surface area contributed by atoms with E-state index in [0.29, 0.717) is 0 Å². The van der Waals surface area contributed by atoms with E-state index in [9.17, 15) is 0 Å². The molecule has 0 aromatic carbocycles. The minimum absolute atomic E-state index is 0.157. The van der Waals surface area contributed by atoms with Crippen LogP contribution in [0.5, 0.6) is 0 Å². The second-order valence-electron chi connectivity index (χ2n) is 4.88. The molecule has 3 atom stereocenters. The third-order valence-corrected chi connectivity index (χ3v) is 3.36. The maximum Gasteiger partial charge on any atom is 0.0988 e. The van der Waals surface area contributed by atoms with Crippen LogP contribution in [0.15, 0.2) is 0 Å². The standard InChI is InChI=1S/C12H23NO2/c1-2-6-15-12-10(13)8-11(12)14-7-5-9-3-4-9/h9-12H,2-8,13H2,1H3. The molecule has 0 radical (unpaired) electrons. The third-order valence-electron chi connectivity index (χ3n) is 3.36. The Morgan fingerprint density at radius 2 is 2.00 bits per heavy atom. The second-order valence-corrected chi connectivity index (χ2v) is 4.88. The van der Waals surface area contributed by atoms with E-state index in [4.69, 9.17) is 15.2 Å². The minimum atomic E-state index is 0.157. The van der Waals surface area contributed by atoms with Gasteiger partial charge in [-0.2, -0.15) is 0 Å². The van der Waals surface area contributed by atoms with Crippen LogP contribution in [0, 0.1) is 5.92 Å². The fourth-order valence-electron chi connectivity index (χ4n) is 2.06. The molecular weight excluding hydrogens is 190 g/mol. The van der Waals surface area contributed by atoms with Gasteiger partial charge in [-0.1, -0.05) is 19.8 Å². The van der Waals surface area contributed by atoms with Gasteiger partial charge in [-0.25, -0.2) is 0 Å². The summed E-state index contributed by atoms with van der Waals surface area (Å²) >= 11 is 0. The highest BCUT2D eigenvalue weighted by atomic mass is 16.5. The van der Waals surface area contributed by atoms with E-state index in [2.05, 4.69) is 6.92 Å². The Morgan fingerprint density at radius 3 is 2.60 bits per heavy atom. The van der Waals surface area contributed by atoms with Gasteiger partial charge in [-0.05, 0) is 25.2 Å². The molecule has 0 aromatic rings. The molecule has 3 heteroatoms. The average Bonchev–Trinajstić information content (AvgIpc) is 3.01. The van der Waals surface area contributed by atoms with Crippen LogP contribution in [-0.2, 0) is 9.47 Å². The summed E-state index contributed by atoms with van der Waals surface area (Å²) in [7, 11) is 0. The molecule has 0 heterocycles. The van der Waals surface area contributed by atoms with Crippen LogP contribution >= 0.6 is 0 Å². The van der Waals surface area contributed by atoms with Crippen LogP contribution in [0.4, 0.5) is 0 Å². The Bertz CT molecular complexity index is 194. The van der Waals surface area contributed by atoms with Crippen molar-refractivity contribution in [2.24, 2.45) is 11.7 Å². The number of rotatable bonds is 7. The predicted octanol–water partition coefficient (Wildman–Crippen LogP) is 1.70. The van der Waals surface area contributed by atoms with E-state index in [1.54, 1.807) is 0 Å². The van der Waals surface area contributed by atoms with E-state index < -0.39 is 0 Å². The molecule has 0 aromatic heterocycles. The van der Waals surface area contributed by atoms with Crippen molar-refractivity contribution in [2.75, 3.05) is 13.2 Å². The van der Waals surface area contributed by atoms with Gasteiger partial charge in [0.15, 0.2) is 0 Å². The highest BCUT2D eigenvalue weighted by molar-refractivity contribution is 4.95. The molecule has 2 aliphatic carbocycles. The first-order valence-corrected chi connectivity index (χ1v) is 6.30. The van der Waals surface area contributed by atoms with Crippen LogP contribution in [0.2, 0.25) is 0 Å². The lowest BCUT2D eigenvalue weighted by molar-refractivity contribution is -0.140. The molecule has 2 N–H and O–H groups in total. The molecule has 0 saturated heterocycles. The average molecular weight is 213 g/mol. The van der Waals surface area contributed by atoms with Gasteiger partial charge in [0.1, 0.15) is 0 Å². The molecule has 88 valence electrons. The Hall–Kier alpha value is -0.120. The lowest BCUT2D eigenvalue weighted by atomic mass is 9.86. The third kappa shape index (κ3) is 3.16. The molecule has 2 aliphatic rings. The van der Waals surface area contributed by atoms with Gasteiger partial charge in [-0.3, -0.25) is 0 Å². The monoisotopic (exact) mass is 213 g/mol. The maximum absolute atomic E-state index is 5.89. The Morgan fingerprint density at radius 1 is 1.20 bits per heavy atom. The molecule has 2 fully saturated rings. The first-order chi connectivity index (χ1) is 7.31. The van der Waals surface area contributed by atoms with Crippen molar-refractivity contribution in [2.45, 2.75) is 57.3 Å². The van der Waals surface area contributed by atoms with Gasteiger partial charge in [0.05, 0.1) is 12.2 Å². The molecule has 0 spiro atoms. The van der Waals surface area contributed by atoms with Gasteiger partial charge >= 0.3 is 0 Å². The maximum atomic E-state index is 5.89. The summed E-state index contributed by atoms with van der Waals surface area (Å²) in [4.78, 5) is 0. The first-order valence-electron chi connectivity index (χ1n) is 6.30. The zero-order chi connectivity index (χ0) is 10.7. The van der Waals surface area contributed by atoms with E-state index in [0.717, 1.165) is 32.0 Å². The fourth-order valence-corrected chi connectivity index (χ4v) is 2.06. The Labute approximate surface area is 92.3 Å². The lowest BCUT2D eigenvalue weighted by Gasteiger charge is -2.41. The van der Waals surface area contributed by atoms with E-state index in [1.165, 1.54) is 19.3 Å². The van der Waals surface area contributed by atoms with Gasteiger partial charge < -0.3 is 15.2 Å². The van der Waals surface area contributed by atoms with E-state index in [-0.39, 0.29) is 18.2 Å². The van der Waals surface area contributed by atoms with Crippen LogP contribution < -0.4 is 5.73 Å². The Balaban J connectivity index is 1.58. The van der Waals surface area contributed by atoms with Crippen molar-refractivity contribution in [1.82, 2.24) is 0 Å². The lowest BCUT2D eigenvalue weighted by Crippen LogP contribution is -2.58. The van der Waals surface area contributed by atoms with E-state index in [1.807, 2.05) is 0 Å². The molecule has 2 rings (SSSR count). The second kappa shape index (κ2) is 5.28. The fraction of sp³-hybridized carbons (Fsp3) is 1.00. The highest BCUT2D eigenvalue weighted by Crippen LogP contribution is 2.33. The zero-order valence-electron chi connectivity index (χ0n) is 9.65. The quantitative estimate of drug-likeness (QED) is 0.700. The molecule has 3 unspecified atom stereocenters. The van der Waals surface area contributed by atoms with Crippen LogP contribution in [-0.4, -0.2) is 31.5 Å². The summed E-state index contributed by atoms with van der Waals surface area (Å²) in [6.45, 7) is 3.82. The van der Waals surface area contributed by atoms with Crippen molar-refractivity contribution < 1.29 is 9.47 Å². The van der Waals surface area contributed by atoms with Crippen molar-refractivity contribution in [3.05, 3.63) is 0 Å². The van der Waals surface area contributed by atoms with Gasteiger partial charge in [0.2, 0.25) is 0 Å². The predicted molar refractivity (Wildman–Crippen MR) is 59.7 cm³/mol. The van der Waals surface area contributed by atoms with Crippen LogP contribution in [0.3, 0.4) is 0 Å². The molecular formula is C12H23NO2. The largest absolute Gasteiger partial charge is 0.375 e. The van der Waals surface area contributed by atoms with Crippen molar-refractivity contribution in [3.63, 3.8) is 0 Å². The van der Waals surface area contributed by atoms with Gasteiger partial charge in [0.25, 0.3) is 0 Å². The summed E-state index contributed by atoms with van der Waals surface area (Å²) in [5.41, 5.74) is 5.89. The minimum Gasteiger partial charge on any atom is -0.375 e. The highest BCUT2D eigenvalue weighted by Gasteiger charge is 2.40.